The molecule has 2 aromatic rings. The zero-order valence-corrected chi connectivity index (χ0v) is 14.1. The number of rotatable bonds is 6. The Labute approximate surface area is 147 Å². The molecule has 2 rings (SSSR count). The van der Waals surface area contributed by atoms with Crippen LogP contribution >= 0.6 is 0 Å². The van der Waals surface area contributed by atoms with Crippen molar-refractivity contribution < 1.29 is 23.3 Å². The Balaban J connectivity index is 1.98. The Morgan fingerprint density at radius 1 is 1.31 bits per heavy atom. The molecule has 10 heteroatoms. The third-order valence-corrected chi connectivity index (χ3v) is 3.56. The number of likely N-dealkylation sites (N-methyl/N-ethyl adjacent to an activating group) is 1. The first-order chi connectivity index (χ1) is 12.3. The molecule has 0 aliphatic rings. The molecule has 9 nitrogen and oxygen atoms in total. The molecule has 2 amide bonds. The molecule has 0 aliphatic heterocycles. The van der Waals surface area contributed by atoms with Gasteiger partial charge in [-0.3, -0.25) is 24.6 Å². The van der Waals surface area contributed by atoms with Crippen LogP contribution in [0.5, 0.6) is 0 Å². The van der Waals surface area contributed by atoms with Gasteiger partial charge < -0.3 is 15.1 Å². The number of amides is 2. The lowest BCUT2D eigenvalue weighted by Gasteiger charge is -2.22. The second kappa shape index (κ2) is 8.21. The summed E-state index contributed by atoms with van der Waals surface area (Å²) >= 11 is 0. The molecule has 1 heterocycles. The van der Waals surface area contributed by atoms with E-state index in [0.717, 1.165) is 18.2 Å². The topological polar surface area (TPSA) is 118 Å². The summed E-state index contributed by atoms with van der Waals surface area (Å²) in [5.74, 6) is -2.38. The molecule has 0 radical (unpaired) electrons. The van der Waals surface area contributed by atoms with Crippen molar-refractivity contribution in [1.29, 1.82) is 0 Å². The molecule has 0 saturated heterocycles. The molecule has 0 aliphatic carbocycles. The number of nitrogens with zero attached hydrogens (tertiary/aromatic N) is 2. The lowest BCUT2D eigenvalue weighted by molar-refractivity contribution is -0.387. The zero-order valence-electron chi connectivity index (χ0n) is 14.1. The van der Waals surface area contributed by atoms with E-state index in [-0.39, 0.29) is 18.3 Å². The summed E-state index contributed by atoms with van der Waals surface area (Å²) in [6.45, 7) is 0.107. The Hall–Kier alpha value is -3.27. The van der Waals surface area contributed by atoms with Crippen LogP contribution < -0.4 is 10.6 Å². The van der Waals surface area contributed by atoms with E-state index < -0.39 is 28.2 Å². The van der Waals surface area contributed by atoms with Gasteiger partial charge in [0.1, 0.15) is 5.76 Å². The van der Waals surface area contributed by atoms with Crippen molar-refractivity contribution in [1.82, 2.24) is 10.2 Å². The number of nitro groups is 1. The standard InChI is InChI=1S/C16H17FN4O5/c1-20(2)13(14-4-3-7-26-14)9-18-15(22)16(23)19-10-5-6-11(17)12(8-10)21(24)25/h3-8,13H,9H2,1-2H3,(H,18,22)(H,19,23)/t13-/m1/s1. The normalized spacial score (nSPS) is 11.8. The summed E-state index contributed by atoms with van der Waals surface area (Å²) in [6, 6.07) is 5.97. The van der Waals surface area contributed by atoms with E-state index in [1.54, 1.807) is 31.1 Å². The summed E-state index contributed by atoms with van der Waals surface area (Å²) in [4.78, 5) is 35.5. The smallest absolute Gasteiger partial charge is 0.313 e. The van der Waals surface area contributed by atoms with Gasteiger partial charge in [-0.2, -0.15) is 4.39 Å². The minimum absolute atomic E-state index is 0.0616. The van der Waals surface area contributed by atoms with Crippen LogP contribution in [0.15, 0.2) is 41.0 Å². The van der Waals surface area contributed by atoms with Crippen LogP contribution in [0, 0.1) is 15.9 Å². The SMILES string of the molecule is CN(C)[C@H](CNC(=O)C(=O)Nc1ccc(F)c([N+](=O)[O-])c1)c1ccco1. The van der Waals surface area contributed by atoms with E-state index in [2.05, 4.69) is 10.6 Å². The van der Waals surface area contributed by atoms with Gasteiger partial charge in [0, 0.05) is 18.3 Å². The third-order valence-electron chi connectivity index (χ3n) is 3.56. The van der Waals surface area contributed by atoms with Crippen LogP contribution in [0.4, 0.5) is 15.8 Å². The van der Waals surface area contributed by atoms with Crippen LogP contribution in [-0.2, 0) is 9.59 Å². The Morgan fingerprint density at radius 3 is 2.62 bits per heavy atom. The summed E-state index contributed by atoms with van der Waals surface area (Å²) in [6.07, 6.45) is 1.50. The maximum Gasteiger partial charge on any atom is 0.313 e. The van der Waals surface area contributed by atoms with Gasteiger partial charge in [-0.1, -0.05) is 0 Å². The number of nitrogens with one attached hydrogen (secondary N) is 2. The third kappa shape index (κ3) is 4.63. The molecule has 0 fully saturated rings. The van der Waals surface area contributed by atoms with Crippen molar-refractivity contribution in [2.45, 2.75) is 6.04 Å². The van der Waals surface area contributed by atoms with Crippen LogP contribution in [0.3, 0.4) is 0 Å². The highest BCUT2D eigenvalue weighted by Crippen LogP contribution is 2.21. The van der Waals surface area contributed by atoms with Gasteiger partial charge in [-0.05, 0) is 38.4 Å². The Morgan fingerprint density at radius 2 is 2.04 bits per heavy atom. The van der Waals surface area contributed by atoms with E-state index >= 15 is 0 Å². The van der Waals surface area contributed by atoms with E-state index in [9.17, 15) is 24.1 Å². The lowest BCUT2D eigenvalue weighted by atomic mass is 10.2. The van der Waals surface area contributed by atoms with E-state index in [1.165, 1.54) is 6.26 Å². The molecule has 0 unspecified atom stereocenters. The molecule has 138 valence electrons. The molecule has 1 atom stereocenters. The summed E-state index contributed by atoms with van der Waals surface area (Å²) in [7, 11) is 3.58. The van der Waals surface area contributed by atoms with Crippen molar-refractivity contribution in [2.24, 2.45) is 0 Å². The molecular weight excluding hydrogens is 347 g/mol. The van der Waals surface area contributed by atoms with Gasteiger partial charge in [0.15, 0.2) is 0 Å². The fourth-order valence-electron chi connectivity index (χ4n) is 2.21. The molecule has 2 N–H and O–H groups in total. The summed E-state index contributed by atoms with van der Waals surface area (Å²) in [5, 5.41) is 15.4. The quantitative estimate of drug-likeness (QED) is 0.457. The number of carbonyl (C=O) groups is 2. The highest BCUT2D eigenvalue weighted by Gasteiger charge is 2.21. The minimum atomic E-state index is -1.04. The van der Waals surface area contributed by atoms with Crippen LogP contribution in [0.25, 0.3) is 0 Å². The number of nitro benzene ring substituents is 1. The van der Waals surface area contributed by atoms with Crippen molar-refractivity contribution in [3.05, 3.63) is 58.3 Å². The van der Waals surface area contributed by atoms with Crippen LogP contribution in [-0.4, -0.2) is 42.3 Å². The predicted molar refractivity (Wildman–Crippen MR) is 89.8 cm³/mol. The van der Waals surface area contributed by atoms with E-state index in [0.29, 0.717) is 5.76 Å². The first kappa shape index (κ1) is 19.1. The van der Waals surface area contributed by atoms with E-state index in [1.807, 2.05) is 0 Å². The minimum Gasteiger partial charge on any atom is -0.468 e. The molecular formula is C16H17FN4O5. The number of anilines is 1. The first-order valence-electron chi connectivity index (χ1n) is 7.52. The largest absolute Gasteiger partial charge is 0.468 e. The van der Waals surface area contributed by atoms with E-state index in [4.69, 9.17) is 4.42 Å². The van der Waals surface area contributed by atoms with Crippen LogP contribution in [0.1, 0.15) is 11.8 Å². The maximum absolute atomic E-state index is 13.3. The summed E-state index contributed by atoms with van der Waals surface area (Å²) < 4.78 is 18.6. The first-order valence-corrected chi connectivity index (χ1v) is 7.52. The predicted octanol–water partition coefficient (Wildman–Crippen LogP) is 1.68. The number of hydrogen-bond donors (Lipinski definition) is 2. The number of hydrogen-bond acceptors (Lipinski definition) is 6. The van der Waals surface area contributed by atoms with Gasteiger partial charge in [-0.15, -0.1) is 0 Å². The maximum atomic E-state index is 13.3. The van der Waals surface area contributed by atoms with Gasteiger partial charge in [0.25, 0.3) is 0 Å². The monoisotopic (exact) mass is 364 g/mol. The van der Waals surface area contributed by atoms with Crippen LogP contribution in [0.2, 0.25) is 0 Å². The Kier molecular flexibility index (Phi) is 6.02. The van der Waals surface area contributed by atoms with Gasteiger partial charge >= 0.3 is 17.5 Å². The zero-order chi connectivity index (χ0) is 19.3. The average Bonchev–Trinajstić information content (AvgIpc) is 3.10. The number of furan rings is 1. The number of carbonyl (C=O) groups excluding carboxylic acids is 2. The van der Waals surface area contributed by atoms with Crippen molar-refractivity contribution >= 4 is 23.2 Å². The fourth-order valence-corrected chi connectivity index (χ4v) is 2.21. The highest BCUT2D eigenvalue weighted by molar-refractivity contribution is 6.39. The summed E-state index contributed by atoms with van der Waals surface area (Å²) in [5.41, 5.74) is -0.859. The molecule has 0 saturated carbocycles. The fraction of sp³-hybridized carbons (Fsp3) is 0.250. The average molecular weight is 364 g/mol. The molecule has 1 aromatic heterocycles. The van der Waals surface area contributed by atoms with Gasteiger partial charge in [0.2, 0.25) is 5.82 Å². The lowest BCUT2D eigenvalue weighted by Crippen LogP contribution is -2.40. The molecule has 1 aromatic carbocycles. The second-order valence-electron chi connectivity index (χ2n) is 5.58. The van der Waals surface area contributed by atoms with Crippen molar-refractivity contribution in [3.8, 4) is 0 Å². The Bertz CT molecular complexity index is 807. The van der Waals surface area contributed by atoms with Gasteiger partial charge in [-0.25, -0.2) is 0 Å². The van der Waals surface area contributed by atoms with Crippen molar-refractivity contribution in [2.75, 3.05) is 26.0 Å². The molecule has 0 bridgehead atoms. The van der Waals surface area contributed by atoms with Gasteiger partial charge in [0.05, 0.1) is 17.2 Å². The highest BCUT2D eigenvalue weighted by atomic mass is 19.1. The molecule has 26 heavy (non-hydrogen) atoms. The number of benzene rings is 1. The molecule has 0 spiro atoms. The van der Waals surface area contributed by atoms with Crippen molar-refractivity contribution in [3.63, 3.8) is 0 Å². The number of halogens is 1. The second-order valence-corrected chi connectivity index (χ2v) is 5.58.